The predicted molar refractivity (Wildman–Crippen MR) is 160 cm³/mol. The molecule has 0 amide bonds. The Kier molecular flexibility index (Phi) is 10.7. The molecule has 3 saturated carbocycles. The number of nitrogens with two attached hydrogens (primary N) is 1. The van der Waals surface area contributed by atoms with E-state index >= 15 is 0 Å². The normalized spacial score (nSPS) is 38.1. The minimum Gasteiger partial charge on any atom is -0.378 e. The van der Waals surface area contributed by atoms with Crippen LogP contribution < -0.4 is 5.73 Å². The van der Waals surface area contributed by atoms with Gasteiger partial charge in [-0.3, -0.25) is 0 Å². The van der Waals surface area contributed by atoms with Gasteiger partial charge >= 0.3 is 0 Å². The monoisotopic (exact) mass is 513 g/mol. The molecule has 0 radical (unpaired) electrons. The van der Waals surface area contributed by atoms with Crippen molar-refractivity contribution >= 4 is 0 Å². The lowest BCUT2D eigenvalue weighted by Gasteiger charge is -2.58. The molecule has 8 atom stereocenters. The van der Waals surface area contributed by atoms with E-state index in [4.69, 9.17) is 10.5 Å². The van der Waals surface area contributed by atoms with Crippen molar-refractivity contribution in [3.8, 4) is 0 Å². The van der Waals surface area contributed by atoms with E-state index in [1.807, 2.05) is 0 Å². The van der Waals surface area contributed by atoms with Gasteiger partial charge in [-0.15, -0.1) is 0 Å². The summed E-state index contributed by atoms with van der Waals surface area (Å²) in [5.74, 6) is 5.57. The molecule has 4 aliphatic carbocycles. The van der Waals surface area contributed by atoms with E-state index in [9.17, 15) is 0 Å². The van der Waals surface area contributed by atoms with Crippen molar-refractivity contribution in [1.82, 2.24) is 0 Å². The largest absolute Gasteiger partial charge is 0.378 e. The van der Waals surface area contributed by atoms with E-state index in [0.717, 1.165) is 48.7 Å². The van der Waals surface area contributed by atoms with Crippen LogP contribution in [-0.2, 0) is 4.74 Å². The third-order valence-electron chi connectivity index (χ3n) is 12.2. The quantitative estimate of drug-likeness (QED) is 0.185. The van der Waals surface area contributed by atoms with Crippen LogP contribution in [0.15, 0.2) is 11.6 Å². The summed E-state index contributed by atoms with van der Waals surface area (Å²) in [4.78, 5) is 0. The van der Waals surface area contributed by atoms with Crippen LogP contribution in [0.3, 0.4) is 0 Å². The van der Waals surface area contributed by atoms with Gasteiger partial charge in [-0.2, -0.15) is 0 Å². The molecule has 0 aromatic heterocycles. The zero-order chi connectivity index (χ0) is 26.5. The lowest BCUT2D eigenvalue weighted by molar-refractivity contribution is -0.0641. The van der Waals surface area contributed by atoms with E-state index in [2.05, 4.69) is 40.7 Å². The standard InChI is InChI=1S/C35H63NO/c1-26(2)13-12-14-27(3)31-17-18-32-30-16-15-28-25-29(37-24-11-9-7-6-8-10-23-36)19-21-34(28,4)33(30)20-22-35(31,32)5/h15,26-27,29-33H,6-14,16-25,36H2,1-5H3. The van der Waals surface area contributed by atoms with Gasteiger partial charge in [0.05, 0.1) is 6.10 Å². The van der Waals surface area contributed by atoms with Crippen molar-refractivity contribution in [3.05, 3.63) is 11.6 Å². The first-order valence-corrected chi connectivity index (χ1v) is 16.8. The van der Waals surface area contributed by atoms with Crippen LogP contribution in [0, 0.1) is 46.3 Å². The molecule has 0 spiro atoms. The maximum atomic E-state index is 6.45. The first kappa shape index (κ1) is 29.6. The zero-order valence-electron chi connectivity index (χ0n) is 25.5. The van der Waals surface area contributed by atoms with Crippen molar-refractivity contribution in [2.45, 2.75) is 150 Å². The summed E-state index contributed by atoms with van der Waals surface area (Å²) >= 11 is 0. The molecular weight excluding hydrogens is 450 g/mol. The lowest BCUT2D eigenvalue weighted by Crippen LogP contribution is -2.51. The van der Waals surface area contributed by atoms with Crippen LogP contribution >= 0.6 is 0 Å². The average Bonchev–Trinajstić information content (AvgIpc) is 3.22. The highest BCUT2D eigenvalue weighted by molar-refractivity contribution is 5.25. The second kappa shape index (κ2) is 13.3. The molecule has 3 fully saturated rings. The van der Waals surface area contributed by atoms with Gasteiger partial charge in [0, 0.05) is 6.61 Å². The van der Waals surface area contributed by atoms with Crippen LogP contribution in [-0.4, -0.2) is 19.3 Å². The van der Waals surface area contributed by atoms with Gasteiger partial charge in [0.15, 0.2) is 0 Å². The number of hydrogen-bond acceptors (Lipinski definition) is 2. The topological polar surface area (TPSA) is 35.2 Å². The van der Waals surface area contributed by atoms with E-state index in [1.54, 1.807) is 5.57 Å². The number of hydrogen-bond donors (Lipinski definition) is 1. The molecule has 0 aromatic rings. The second-order valence-corrected chi connectivity index (χ2v) is 14.9. The summed E-state index contributed by atoms with van der Waals surface area (Å²) in [6.07, 6.45) is 26.4. The van der Waals surface area contributed by atoms with Crippen molar-refractivity contribution in [2.24, 2.45) is 52.1 Å². The highest BCUT2D eigenvalue weighted by Gasteiger charge is 2.59. The molecule has 0 aliphatic heterocycles. The fourth-order valence-electron chi connectivity index (χ4n) is 10.00. The van der Waals surface area contributed by atoms with Crippen LogP contribution in [0.25, 0.3) is 0 Å². The van der Waals surface area contributed by atoms with E-state index in [1.165, 1.54) is 109 Å². The van der Waals surface area contributed by atoms with Gasteiger partial charge < -0.3 is 10.5 Å². The van der Waals surface area contributed by atoms with Crippen molar-refractivity contribution in [2.75, 3.05) is 13.2 Å². The molecule has 214 valence electrons. The summed E-state index contributed by atoms with van der Waals surface area (Å²) in [6, 6.07) is 0. The van der Waals surface area contributed by atoms with Crippen molar-refractivity contribution in [1.29, 1.82) is 0 Å². The second-order valence-electron chi connectivity index (χ2n) is 14.9. The maximum absolute atomic E-state index is 6.45. The molecule has 4 aliphatic rings. The van der Waals surface area contributed by atoms with E-state index in [0.29, 0.717) is 16.9 Å². The number of rotatable bonds is 14. The van der Waals surface area contributed by atoms with Gasteiger partial charge in [0.25, 0.3) is 0 Å². The van der Waals surface area contributed by atoms with E-state index < -0.39 is 0 Å². The fraction of sp³-hybridized carbons (Fsp3) is 0.943. The summed E-state index contributed by atoms with van der Waals surface area (Å²) in [6.45, 7) is 14.6. The van der Waals surface area contributed by atoms with Crippen LogP contribution in [0.5, 0.6) is 0 Å². The Morgan fingerprint density at radius 3 is 2.38 bits per heavy atom. The summed E-state index contributed by atoms with van der Waals surface area (Å²) in [7, 11) is 0. The number of allylic oxidation sites excluding steroid dienone is 1. The van der Waals surface area contributed by atoms with Crippen molar-refractivity contribution in [3.63, 3.8) is 0 Å². The molecule has 2 heteroatoms. The van der Waals surface area contributed by atoms with Gasteiger partial charge in [-0.25, -0.2) is 0 Å². The first-order valence-electron chi connectivity index (χ1n) is 16.8. The van der Waals surface area contributed by atoms with Crippen molar-refractivity contribution < 1.29 is 4.74 Å². The Labute approximate surface area is 231 Å². The minimum atomic E-state index is 0.452. The molecule has 8 unspecified atom stereocenters. The lowest BCUT2D eigenvalue weighted by atomic mass is 9.47. The van der Waals surface area contributed by atoms with Gasteiger partial charge in [-0.1, -0.05) is 91.2 Å². The van der Waals surface area contributed by atoms with E-state index in [-0.39, 0.29) is 0 Å². The number of ether oxygens (including phenoxy) is 1. The Morgan fingerprint density at radius 1 is 0.865 bits per heavy atom. The summed E-state index contributed by atoms with van der Waals surface area (Å²) < 4.78 is 6.45. The third-order valence-corrected chi connectivity index (χ3v) is 12.2. The molecule has 0 saturated heterocycles. The SMILES string of the molecule is CC(C)CCCC(C)C1CCC2C3CC=C4CC(OCCCCCCCCN)CCC4(C)C3CCC12C. The molecule has 37 heavy (non-hydrogen) atoms. The van der Waals surface area contributed by atoms with Gasteiger partial charge in [0.1, 0.15) is 0 Å². The molecule has 2 N–H and O–H groups in total. The minimum absolute atomic E-state index is 0.452. The Balaban J connectivity index is 1.29. The molecule has 0 bridgehead atoms. The fourth-order valence-corrected chi connectivity index (χ4v) is 10.00. The first-order chi connectivity index (χ1) is 17.8. The van der Waals surface area contributed by atoms with Gasteiger partial charge in [-0.05, 0) is 117 Å². The Hall–Kier alpha value is -0.340. The summed E-state index contributed by atoms with van der Waals surface area (Å²) in [5, 5.41) is 0. The predicted octanol–water partition coefficient (Wildman–Crippen LogP) is 9.71. The number of unbranched alkanes of at least 4 members (excludes halogenated alkanes) is 5. The average molecular weight is 514 g/mol. The van der Waals surface area contributed by atoms with Crippen LogP contribution in [0.2, 0.25) is 0 Å². The zero-order valence-corrected chi connectivity index (χ0v) is 25.5. The Bertz CT molecular complexity index is 729. The highest BCUT2D eigenvalue weighted by Crippen LogP contribution is 2.67. The molecule has 4 rings (SSSR count). The van der Waals surface area contributed by atoms with Gasteiger partial charge in [0.2, 0.25) is 0 Å². The maximum Gasteiger partial charge on any atom is 0.0612 e. The van der Waals surface area contributed by atoms with Crippen LogP contribution in [0.4, 0.5) is 0 Å². The molecule has 2 nitrogen and oxygen atoms in total. The third kappa shape index (κ3) is 6.70. The molecular formula is C35H63NO. The smallest absolute Gasteiger partial charge is 0.0612 e. The van der Waals surface area contributed by atoms with Crippen LogP contribution in [0.1, 0.15) is 144 Å². The number of fused-ring (bicyclic) bond motifs is 5. The Morgan fingerprint density at radius 2 is 1.62 bits per heavy atom. The molecule has 0 heterocycles. The summed E-state index contributed by atoms with van der Waals surface area (Å²) in [5.41, 5.74) is 8.45. The molecule has 0 aromatic carbocycles. The highest BCUT2D eigenvalue weighted by atomic mass is 16.5.